The number of anilines is 1. The molecular formula is C24H30N4. The summed E-state index contributed by atoms with van der Waals surface area (Å²) in [5.74, 6) is 1.14. The molecule has 0 atom stereocenters. The molecule has 0 aliphatic rings. The van der Waals surface area contributed by atoms with Crippen molar-refractivity contribution < 1.29 is 0 Å². The van der Waals surface area contributed by atoms with Crippen molar-refractivity contribution in [1.29, 1.82) is 0 Å². The van der Waals surface area contributed by atoms with Crippen molar-refractivity contribution >= 4 is 17.4 Å². The molecule has 0 fully saturated rings. The standard InChI is InChI=1S/C24H30N4/c1-7-9-17(2)16-26-24(27-19(4)25)23-18(3)10-8-11-22(23)20-12-14-21(15-13-20)28(5)6/h7-15H,1,16H2,2-6H3,(H2,25,26,27)/b17-9+. The number of aryl methyl sites for hydroxylation is 1. The fourth-order valence-corrected chi connectivity index (χ4v) is 2.94. The maximum atomic E-state index is 5.92. The molecule has 0 radical (unpaired) electrons. The lowest BCUT2D eigenvalue weighted by Crippen LogP contribution is -2.13. The summed E-state index contributed by atoms with van der Waals surface area (Å²) in [7, 11) is 4.07. The van der Waals surface area contributed by atoms with Crippen molar-refractivity contribution in [3.8, 4) is 11.1 Å². The van der Waals surface area contributed by atoms with Crippen LogP contribution in [0.2, 0.25) is 0 Å². The number of amidine groups is 2. The number of nitrogens with zero attached hydrogens (tertiary/aromatic N) is 3. The number of aliphatic imine (C=N–C) groups is 2. The van der Waals surface area contributed by atoms with Gasteiger partial charge in [0.1, 0.15) is 0 Å². The normalized spacial score (nSPS) is 12.8. The molecular weight excluding hydrogens is 344 g/mol. The highest BCUT2D eigenvalue weighted by molar-refractivity contribution is 6.10. The minimum absolute atomic E-state index is 0.487. The Labute approximate surface area is 168 Å². The maximum absolute atomic E-state index is 5.92. The molecule has 28 heavy (non-hydrogen) atoms. The van der Waals surface area contributed by atoms with Crippen LogP contribution in [0, 0.1) is 6.92 Å². The molecule has 0 aliphatic heterocycles. The Morgan fingerprint density at radius 2 is 1.79 bits per heavy atom. The molecule has 146 valence electrons. The molecule has 4 nitrogen and oxygen atoms in total. The van der Waals surface area contributed by atoms with Gasteiger partial charge >= 0.3 is 0 Å². The van der Waals surface area contributed by atoms with Gasteiger partial charge in [0.25, 0.3) is 0 Å². The predicted molar refractivity (Wildman–Crippen MR) is 124 cm³/mol. The summed E-state index contributed by atoms with van der Waals surface area (Å²) in [5, 5.41) is 0. The Kier molecular flexibility index (Phi) is 7.33. The van der Waals surface area contributed by atoms with Crippen molar-refractivity contribution in [1.82, 2.24) is 0 Å². The average Bonchev–Trinajstić information content (AvgIpc) is 2.65. The summed E-state index contributed by atoms with van der Waals surface area (Å²) in [4.78, 5) is 11.4. The molecule has 0 heterocycles. The number of hydrogen-bond donors (Lipinski definition) is 1. The van der Waals surface area contributed by atoms with E-state index in [-0.39, 0.29) is 0 Å². The van der Waals surface area contributed by atoms with Crippen molar-refractivity contribution in [2.45, 2.75) is 20.8 Å². The van der Waals surface area contributed by atoms with E-state index in [0.29, 0.717) is 18.2 Å². The summed E-state index contributed by atoms with van der Waals surface area (Å²) in [5.41, 5.74) is 12.5. The molecule has 2 aromatic carbocycles. The van der Waals surface area contributed by atoms with Crippen molar-refractivity contribution in [2.24, 2.45) is 15.7 Å². The molecule has 0 spiro atoms. The highest BCUT2D eigenvalue weighted by Gasteiger charge is 2.14. The minimum atomic E-state index is 0.487. The predicted octanol–water partition coefficient (Wildman–Crippen LogP) is 4.98. The number of rotatable bonds is 6. The van der Waals surface area contributed by atoms with Gasteiger partial charge < -0.3 is 10.6 Å². The van der Waals surface area contributed by atoms with Crippen LogP contribution < -0.4 is 10.6 Å². The number of allylic oxidation sites excluding steroid dienone is 2. The maximum Gasteiger partial charge on any atom is 0.157 e. The van der Waals surface area contributed by atoms with Gasteiger partial charge in [-0.3, -0.25) is 4.99 Å². The smallest absolute Gasteiger partial charge is 0.157 e. The average molecular weight is 375 g/mol. The summed E-state index contributed by atoms with van der Waals surface area (Å²) >= 11 is 0. The Morgan fingerprint density at radius 3 is 2.36 bits per heavy atom. The van der Waals surface area contributed by atoms with Crippen LogP contribution in [0.4, 0.5) is 5.69 Å². The fraction of sp³-hybridized carbons (Fsp3) is 0.250. The van der Waals surface area contributed by atoms with Gasteiger partial charge in [-0.05, 0) is 49.6 Å². The van der Waals surface area contributed by atoms with Gasteiger partial charge in [0.2, 0.25) is 0 Å². The van der Waals surface area contributed by atoms with Gasteiger partial charge in [-0.25, -0.2) is 4.99 Å². The second-order valence-electron chi connectivity index (χ2n) is 7.08. The monoisotopic (exact) mass is 374 g/mol. The van der Waals surface area contributed by atoms with E-state index in [0.717, 1.165) is 33.5 Å². The number of nitrogens with two attached hydrogens (primary N) is 1. The second kappa shape index (κ2) is 9.70. The third-order valence-corrected chi connectivity index (χ3v) is 4.35. The second-order valence-corrected chi connectivity index (χ2v) is 7.08. The first kappa shape index (κ1) is 21.2. The van der Waals surface area contributed by atoms with Crippen LogP contribution >= 0.6 is 0 Å². The van der Waals surface area contributed by atoms with Crippen LogP contribution in [-0.4, -0.2) is 32.3 Å². The summed E-state index contributed by atoms with van der Waals surface area (Å²) in [6, 6.07) is 14.7. The van der Waals surface area contributed by atoms with Gasteiger partial charge in [-0.1, -0.05) is 54.6 Å². The van der Waals surface area contributed by atoms with Gasteiger partial charge in [-0.15, -0.1) is 0 Å². The summed E-state index contributed by atoms with van der Waals surface area (Å²) in [6.07, 6.45) is 3.73. The quantitative estimate of drug-likeness (QED) is 0.440. The molecule has 4 heteroatoms. The van der Waals surface area contributed by atoms with E-state index in [1.165, 1.54) is 0 Å². The van der Waals surface area contributed by atoms with Gasteiger partial charge in [0.05, 0.1) is 12.4 Å². The van der Waals surface area contributed by atoms with Crippen LogP contribution in [0.3, 0.4) is 0 Å². The molecule has 0 bridgehead atoms. The van der Waals surface area contributed by atoms with Crippen LogP contribution in [0.1, 0.15) is 25.0 Å². The van der Waals surface area contributed by atoms with E-state index in [1.807, 2.05) is 27.1 Å². The molecule has 0 aromatic heterocycles. The largest absolute Gasteiger partial charge is 0.387 e. The van der Waals surface area contributed by atoms with E-state index in [9.17, 15) is 0 Å². The minimum Gasteiger partial charge on any atom is -0.387 e. The lowest BCUT2D eigenvalue weighted by molar-refractivity contribution is 1.12. The van der Waals surface area contributed by atoms with E-state index in [1.54, 1.807) is 13.0 Å². The molecule has 0 saturated carbocycles. The topological polar surface area (TPSA) is 54.0 Å². The Balaban J connectivity index is 2.60. The molecule has 0 amide bonds. The van der Waals surface area contributed by atoms with Crippen molar-refractivity contribution in [2.75, 3.05) is 25.5 Å². The first-order chi connectivity index (χ1) is 13.3. The Bertz CT molecular complexity index is 912. The molecule has 2 aromatic rings. The summed E-state index contributed by atoms with van der Waals surface area (Å²) < 4.78 is 0. The highest BCUT2D eigenvalue weighted by atomic mass is 15.1. The fourth-order valence-electron chi connectivity index (χ4n) is 2.94. The van der Waals surface area contributed by atoms with Crippen molar-refractivity contribution in [3.05, 3.63) is 77.9 Å². The third kappa shape index (κ3) is 5.43. The first-order valence-electron chi connectivity index (χ1n) is 9.34. The van der Waals surface area contributed by atoms with Crippen LogP contribution in [0.25, 0.3) is 11.1 Å². The molecule has 0 unspecified atom stereocenters. The zero-order chi connectivity index (χ0) is 20.7. The van der Waals surface area contributed by atoms with Crippen LogP contribution in [0.5, 0.6) is 0 Å². The highest BCUT2D eigenvalue weighted by Crippen LogP contribution is 2.29. The third-order valence-electron chi connectivity index (χ3n) is 4.35. The SMILES string of the molecule is C=C/C=C(\C)CN=C(N=C(C)N)c1c(C)cccc1-c1ccc(N(C)C)cc1. The van der Waals surface area contributed by atoms with E-state index < -0.39 is 0 Å². The summed E-state index contributed by atoms with van der Waals surface area (Å²) in [6.45, 7) is 10.2. The van der Waals surface area contributed by atoms with Gasteiger partial charge in [0.15, 0.2) is 5.84 Å². The Morgan fingerprint density at radius 1 is 1.11 bits per heavy atom. The van der Waals surface area contributed by atoms with Gasteiger partial charge in [-0.2, -0.15) is 0 Å². The molecule has 0 aliphatic carbocycles. The lowest BCUT2D eigenvalue weighted by Gasteiger charge is -2.16. The van der Waals surface area contributed by atoms with Crippen molar-refractivity contribution in [3.63, 3.8) is 0 Å². The molecule has 2 rings (SSSR count). The van der Waals surface area contributed by atoms with Gasteiger partial charge in [0, 0.05) is 25.3 Å². The van der Waals surface area contributed by atoms with Crippen LogP contribution in [0.15, 0.2) is 76.8 Å². The van der Waals surface area contributed by atoms with E-state index in [4.69, 9.17) is 10.7 Å². The van der Waals surface area contributed by atoms with E-state index >= 15 is 0 Å². The van der Waals surface area contributed by atoms with E-state index in [2.05, 4.69) is 65.9 Å². The molecule has 2 N–H and O–H groups in total. The zero-order valence-electron chi connectivity index (χ0n) is 17.5. The van der Waals surface area contributed by atoms with Crippen LogP contribution in [-0.2, 0) is 0 Å². The number of hydrogen-bond acceptors (Lipinski definition) is 2. The zero-order valence-corrected chi connectivity index (χ0v) is 17.5. The lowest BCUT2D eigenvalue weighted by atomic mass is 9.95. The molecule has 0 saturated heterocycles. The first-order valence-corrected chi connectivity index (χ1v) is 9.34. The Hall–Kier alpha value is -3.14. The number of benzene rings is 2.